The number of nitrogens with one attached hydrogen (secondary N) is 1. The van der Waals surface area contributed by atoms with E-state index in [-0.39, 0.29) is 11.3 Å². The van der Waals surface area contributed by atoms with E-state index in [1.165, 1.54) is 4.88 Å². The van der Waals surface area contributed by atoms with Crippen molar-refractivity contribution in [2.45, 2.75) is 32.1 Å². The molecule has 4 heteroatoms. The molecule has 17 heavy (non-hydrogen) atoms. The summed E-state index contributed by atoms with van der Waals surface area (Å²) in [6, 6.07) is 6.21. The standard InChI is InChI=1S/C13H16N2OS/c1-12(2,10-4-3-7-17-10)9-15-11(16)13(8-14)5-6-13/h3-4,7H,5-6,9H2,1-2H3,(H,15,16). The first kappa shape index (κ1) is 12.1. The fourth-order valence-electron chi connectivity index (χ4n) is 1.74. The Morgan fingerprint density at radius 1 is 1.65 bits per heavy atom. The van der Waals surface area contributed by atoms with E-state index >= 15 is 0 Å². The van der Waals surface area contributed by atoms with E-state index in [9.17, 15) is 4.79 Å². The molecule has 1 amide bonds. The minimum absolute atomic E-state index is 0.0740. The summed E-state index contributed by atoms with van der Waals surface area (Å²) in [5.74, 6) is -0.107. The van der Waals surface area contributed by atoms with Crippen molar-refractivity contribution in [1.82, 2.24) is 5.32 Å². The van der Waals surface area contributed by atoms with Crippen molar-refractivity contribution in [1.29, 1.82) is 5.26 Å². The molecule has 90 valence electrons. The average Bonchev–Trinajstić information content (AvgIpc) is 2.90. The molecule has 3 nitrogen and oxygen atoms in total. The van der Waals surface area contributed by atoms with Gasteiger partial charge in [-0.15, -0.1) is 11.3 Å². The van der Waals surface area contributed by atoms with Crippen LogP contribution in [-0.2, 0) is 10.2 Å². The van der Waals surface area contributed by atoms with E-state index in [1.807, 2.05) is 11.4 Å². The van der Waals surface area contributed by atoms with E-state index in [1.54, 1.807) is 11.3 Å². The van der Waals surface area contributed by atoms with Gasteiger partial charge in [0, 0.05) is 16.8 Å². The number of carbonyl (C=O) groups is 1. The topological polar surface area (TPSA) is 52.9 Å². The first-order chi connectivity index (χ1) is 8.00. The monoisotopic (exact) mass is 248 g/mol. The Bertz CT molecular complexity index is 452. The summed E-state index contributed by atoms with van der Waals surface area (Å²) in [6.45, 7) is 4.78. The third-order valence-corrected chi connectivity index (χ3v) is 4.51. The molecule has 0 saturated heterocycles. The highest BCUT2D eigenvalue weighted by Crippen LogP contribution is 2.45. The Morgan fingerprint density at radius 3 is 2.82 bits per heavy atom. The van der Waals surface area contributed by atoms with Gasteiger partial charge < -0.3 is 5.32 Å². The van der Waals surface area contributed by atoms with Gasteiger partial charge in [-0.1, -0.05) is 19.9 Å². The van der Waals surface area contributed by atoms with Crippen molar-refractivity contribution in [3.8, 4) is 6.07 Å². The summed E-state index contributed by atoms with van der Waals surface area (Å²) in [7, 11) is 0. The summed E-state index contributed by atoms with van der Waals surface area (Å²) in [5, 5.41) is 13.9. The molecule has 0 bridgehead atoms. The quantitative estimate of drug-likeness (QED) is 0.889. The van der Waals surface area contributed by atoms with Gasteiger partial charge in [0.15, 0.2) is 0 Å². The Kier molecular flexibility index (Phi) is 2.96. The van der Waals surface area contributed by atoms with Crippen LogP contribution in [0, 0.1) is 16.7 Å². The first-order valence-corrected chi connectivity index (χ1v) is 6.62. The van der Waals surface area contributed by atoms with Crippen LogP contribution < -0.4 is 5.32 Å². The molecular formula is C13H16N2OS. The number of rotatable bonds is 4. The molecule has 1 aromatic rings. The Hall–Kier alpha value is -1.34. The highest BCUT2D eigenvalue weighted by Gasteiger charge is 2.50. The lowest BCUT2D eigenvalue weighted by Crippen LogP contribution is -2.39. The maximum absolute atomic E-state index is 11.8. The second-order valence-electron chi connectivity index (χ2n) is 5.24. The third kappa shape index (κ3) is 2.34. The molecule has 1 saturated carbocycles. The van der Waals surface area contributed by atoms with Gasteiger partial charge in [0.25, 0.3) is 0 Å². The molecule has 1 heterocycles. The summed E-state index contributed by atoms with van der Waals surface area (Å²) >= 11 is 1.69. The Morgan fingerprint density at radius 2 is 2.35 bits per heavy atom. The van der Waals surface area contributed by atoms with Crippen LogP contribution in [0.2, 0.25) is 0 Å². The highest BCUT2D eigenvalue weighted by atomic mass is 32.1. The number of carbonyl (C=O) groups excluding carboxylic acids is 1. The van der Waals surface area contributed by atoms with E-state index in [0.29, 0.717) is 19.4 Å². The number of amides is 1. The van der Waals surface area contributed by atoms with Crippen molar-refractivity contribution in [3.05, 3.63) is 22.4 Å². The van der Waals surface area contributed by atoms with Gasteiger partial charge in [-0.05, 0) is 24.3 Å². The van der Waals surface area contributed by atoms with Crippen molar-refractivity contribution in [2.24, 2.45) is 5.41 Å². The van der Waals surface area contributed by atoms with Crippen molar-refractivity contribution < 1.29 is 4.79 Å². The SMILES string of the molecule is CC(C)(CNC(=O)C1(C#N)CC1)c1cccs1. The number of nitrogens with zero attached hydrogens (tertiary/aromatic N) is 1. The van der Waals surface area contributed by atoms with Gasteiger partial charge in [0.05, 0.1) is 6.07 Å². The van der Waals surface area contributed by atoms with Gasteiger partial charge in [0.1, 0.15) is 5.41 Å². The molecule has 1 aliphatic rings. The summed E-state index contributed by atoms with van der Waals surface area (Å²) < 4.78 is 0. The summed E-state index contributed by atoms with van der Waals surface area (Å²) in [5.41, 5.74) is -0.791. The van der Waals surface area contributed by atoms with Gasteiger partial charge in [-0.2, -0.15) is 5.26 Å². The van der Waals surface area contributed by atoms with E-state index in [4.69, 9.17) is 5.26 Å². The normalized spacial score (nSPS) is 17.2. The van der Waals surface area contributed by atoms with Crippen LogP contribution in [0.4, 0.5) is 0 Å². The Labute approximate surface area is 105 Å². The maximum atomic E-state index is 11.8. The van der Waals surface area contributed by atoms with Crippen LogP contribution in [0.15, 0.2) is 17.5 Å². The molecule has 2 rings (SSSR count). The Balaban J connectivity index is 1.95. The molecule has 1 aliphatic carbocycles. The third-order valence-electron chi connectivity index (χ3n) is 3.28. The maximum Gasteiger partial charge on any atom is 0.240 e. The molecule has 1 aromatic heterocycles. The minimum atomic E-state index is -0.717. The van der Waals surface area contributed by atoms with Gasteiger partial charge in [-0.25, -0.2) is 0 Å². The summed E-state index contributed by atoms with van der Waals surface area (Å²) in [6.07, 6.45) is 1.41. The first-order valence-electron chi connectivity index (χ1n) is 5.74. The molecule has 0 spiro atoms. The number of thiophene rings is 1. The van der Waals surface area contributed by atoms with Crippen LogP contribution in [0.25, 0.3) is 0 Å². The smallest absolute Gasteiger partial charge is 0.240 e. The summed E-state index contributed by atoms with van der Waals surface area (Å²) in [4.78, 5) is 13.1. The number of hydrogen-bond donors (Lipinski definition) is 1. The fraction of sp³-hybridized carbons (Fsp3) is 0.538. The molecule has 0 atom stereocenters. The highest BCUT2D eigenvalue weighted by molar-refractivity contribution is 7.10. The molecular weight excluding hydrogens is 232 g/mol. The van der Waals surface area contributed by atoms with E-state index in [0.717, 1.165) is 0 Å². The van der Waals surface area contributed by atoms with Crippen molar-refractivity contribution in [2.75, 3.05) is 6.54 Å². The van der Waals surface area contributed by atoms with Crippen LogP contribution in [0.3, 0.4) is 0 Å². The predicted octanol–water partition coefficient (Wildman–Crippen LogP) is 2.45. The molecule has 0 unspecified atom stereocenters. The second kappa shape index (κ2) is 4.15. The van der Waals surface area contributed by atoms with Crippen LogP contribution in [0.5, 0.6) is 0 Å². The molecule has 1 fully saturated rings. The molecule has 0 radical (unpaired) electrons. The van der Waals surface area contributed by atoms with E-state index < -0.39 is 5.41 Å². The minimum Gasteiger partial charge on any atom is -0.354 e. The fourth-order valence-corrected chi connectivity index (χ4v) is 2.59. The average molecular weight is 248 g/mol. The van der Waals surface area contributed by atoms with Crippen molar-refractivity contribution in [3.63, 3.8) is 0 Å². The largest absolute Gasteiger partial charge is 0.354 e. The zero-order valence-electron chi connectivity index (χ0n) is 10.1. The van der Waals surface area contributed by atoms with E-state index in [2.05, 4.69) is 31.3 Å². The lowest BCUT2D eigenvalue weighted by atomic mass is 9.91. The lowest BCUT2D eigenvalue weighted by Gasteiger charge is -2.24. The zero-order chi connectivity index (χ0) is 12.5. The lowest BCUT2D eigenvalue weighted by molar-refractivity contribution is -0.124. The van der Waals surface area contributed by atoms with Gasteiger partial charge >= 0.3 is 0 Å². The number of nitriles is 1. The van der Waals surface area contributed by atoms with Crippen LogP contribution in [-0.4, -0.2) is 12.5 Å². The van der Waals surface area contributed by atoms with Gasteiger partial charge in [0.2, 0.25) is 5.91 Å². The second-order valence-corrected chi connectivity index (χ2v) is 6.19. The molecule has 0 aliphatic heterocycles. The van der Waals surface area contributed by atoms with Crippen LogP contribution >= 0.6 is 11.3 Å². The van der Waals surface area contributed by atoms with Gasteiger partial charge in [-0.3, -0.25) is 4.79 Å². The zero-order valence-corrected chi connectivity index (χ0v) is 10.9. The van der Waals surface area contributed by atoms with Crippen LogP contribution in [0.1, 0.15) is 31.6 Å². The van der Waals surface area contributed by atoms with Crippen molar-refractivity contribution >= 4 is 17.2 Å². The molecule has 0 aromatic carbocycles. The molecule has 1 N–H and O–H groups in total. The number of hydrogen-bond acceptors (Lipinski definition) is 3. The predicted molar refractivity (Wildman–Crippen MR) is 67.6 cm³/mol.